The van der Waals surface area contributed by atoms with Gasteiger partial charge in [-0.3, -0.25) is 4.79 Å². The summed E-state index contributed by atoms with van der Waals surface area (Å²) in [5, 5.41) is 11.6. The summed E-state index contributed by atoms with van der Waals surface area (Å²) in [5.74, 6) is -0.844. The quantitative estimate of drug-likeness (QED) is 0.744. The number of rotatable bonds is 3. The Morgan fingerprint density at radius 3 is 2.62 bits per heavy atom. The molecule has 0 fully saturated rings. The van der Waals surface area contributed by atoms with Crippen molar-refractivity contribution in [3.63, 3.8) is 0 Å². The van der Waals surface area contributed by atoms with Gasteiger partial charge in [0.05, 0.1) is 0 Å². The van der Waals surface area contributed by atoms with Crippen LogP contribution in [0.1, 0.15) is 12.5 Å². The predicted octanol–water partition coefficient (Wildman–Crippen LogP) is 1.88. The van der Waals surface area contributed by atoms with E-state index in [4.69, 9.17) is 5.11 Å². The van der Waals surface area contributed by atoms with Crippen LogP contribution >= 0.6 is 0 Å². The van der Waals surface area contributed by atoms with Gasteiger partial charge in [0.25, 0.3) is 0 Å². The van der Waals surface area contributed by atoms with E-state index in [1.807, 2.05) is 31.2 Å². The van der Waals surface area contributed by atoms with Gasteiger partial charge < -0.3 is 10.4 Å². The highest BCUT2D eigenvalue weighted by Gasteiger charge is 2.10. The summed E-state index contributed by atoms with van der Waals surface area (Å²) < 4.78 is 0. The molecule has 0 unspecified atom stereocenters. The molecule has 1 aromatic rings. The molecular weight excluding hydrogens is 166 g/mol. The second-order valence-corrected chi connectivity index (χ2v) is 3.02. The number of hydrogen-bond donors (Lipinski definition) is 2. The van der Waals surface area contributed by atoms with Crippen molar-refractivity contribution in [1.82, 2.24) is 0 Å². The lowest BCUT2D eigenvalue weighted by atomic mass is 10.2. The van der Waals surface area contributed by atoms with Crippen molar-refractivity contribution in [1.29, 1.82) is 0 Å². The van der Waals surface area contributed by atoms with Gasteiger partial charge in [-0.25, -0.2) is 0 Å². The highest BCUT2D eigenvalue weighted by Crippen LogP contribution is 2.13. The minimum absolute atomic E-state index is 0.555. The Morgan fingerprint density at radius 1 is 1.46 bits per heavy atom. The zero-order chi connectivity index (χ0) is 9.84. The Bertz CT molecular complexity index is 310. The first-order valence-electron chi connectivity index (χ1n) is 4.16. The van der Waals surface area contributed by atoms with E-state index in [-0.39, 0.29) is 0 Å². The van der Waals surface area contributed by atoms with Crippen LogP contribution in [-0.2, 0) is 4.79 Å². The van der Waals surface area contributed by atoms with E-state index in [9.17, 15) is 4.79 Å². The minimum Gasteiger partial charge on any atom is -0.480 e. The van der Waals surface area contributed by atoms with Gasteiger partial charge in [-0.15, -0.1) is 0 Å². The molecule has 0 saturated heterocycles. The number of para-hydroxylation sites is 1. The summed E-state index contributed by atoms with van der Waals surface area (Å²) in [4.78, 5) is 10.6. The monoisotopic (exact) mass is 179 g/mol. The molecular formula is C10H13NO2. The van der Waals surface area contributed by atoms with Crippen molar-refractivity contribution in [2.45, 2.75) is 19.9 Å². The van der Waals surface area contributed by atoms with Gasteiger partial charge in [-0.05, 0) is 25.5 Å². The number of hydrogen-bond acceptors (Lipinski definition) is 2. The van der Waals surface area contributed by atoms with Crippen molar-refractivity contribution in [2.75, 3.05) is 5.32 Å². The van der Waals surface area contributed by atoms with Crippen LogP contribution in [0.2, 0.25) is 0 Å². The van der Waals surface area contributed by atoms with Crippen LogP contribution in [0.4, 0.5) is 5.69 Å². The first-order valence-corrected chi connectivity index (χ1v) is 4.16. The first kappa shape index (κ1) is 9.58. The SMILES string of the molecule is Cc1ccccc1N[C@@H](C)C(=O)O. The van der Waals surface area contributed by atoms with E-state index in [1.54, 1.807) is 6.92 Å². The van der Waals surface area contributed by atoms with E-state index in [0.717, 1.165) is 11.3 Å². The van der Waals surface area contributed by atoms with Gasteiger partial charge in [0, 0.05) is 5.69 Å². The Morgan fingerprint density at radius 2 is 2.08 bits per heavy atom. The lowest BCUT2D eigenvalue weighted by Crippen LogP contribution is -2.25. The molecule has 1 aromatic carbocycles. The predicted molar refractivity (Wildman–Crippen MR) is 51.9 cm³/mol. The molecule has 0 aromatic heterocycles. The molecule has 0 aliphatic rings. The van der Waals surface area contributed by atoms with Gasteiger partial charge in [-0.2, -0.15) is 0 Å². The van der Waals surface area contributed by atoms with E-state index in [2.05, 4.69) is 5.32 Å². The number of carboxylic acids is 1. The van der Waals surface area contributed by atoms with E-state index < -0.39 is 12.0 Å². The molecule has 0 aliphatic heterocycles. The number of aliphatic carboxylic acids is 1. The van der Waals surface area contributed by atoms with Crippen LogP contribution in [0.3, 0.4) is 0 Å². The van der Waals surface area contributed by atoms with Gasteiger partial charge in [0.1, 0.15) is 6.04 Å². The number of carboxylic acid groups (broad SMARTS) is 1. The largest absolute Gasteiger partial charge is 0.480 e. The fraction of sp³-hybridized carbons (Fsp3) is 0.300. The normalized spacial score (nSPS) is 12.2. The van der Waals surface area contributed by atoms with Gasteiger partial charge in [0.2, 0.25) is 0 Å². The molecule has 0 saturated carbocycles. The molecule has 0 amide bonds. The van der Waals surface area contributed by atoms with Crippen molar-refractivity contribution in [2.24, 2.45) is 0 Å². The van der Waals surface area contributed by atoms with Crippen molar-refractivity contribution in [3.8, 4) is 0 Å². The lowest BCUT2D eigenvalue weighted by molar-refractivity contribution is -0.137. The van der Waals surface area contributed by atoms with Crippen LogP contribution < -0.4 is 5.32 Å². The molecule has 3 heteroatoms. The molecule has 0 bridgehead atoms. The van der Waals surface area contributed by atoms with Crippen LogP contribution in [0, 0.1) is 6.92 Å². The Hall–Kier alpha value is -1.51. The number of benzene rings is 1. The number of aryl methyl sites for hydroxylation is 1. The standard InChI is InChI=1S/C10H13NO2/c1-7-5-3-4-6-9(7)11-8(2)10(12)13/h3-6,8,11H,1-2H3,(H,12,13)/t8-/m0/s1. The maximum atomic E-state index is 10.6. The molecule has 1 rings (SSSR count). The third-order valence-corrected chi connectivity index (χ3v) is 1.89. The maximum Gasteiger partial charge on any atom is 0.325 e. The zero-order valence-corrected chi connectivity index (χ0v) is 7.74. The summed E-state index contributed by atoms with van der Waals surface area (Å²) in [5.41, 5.74) is 1.92. The first-order chi connectivity index (χ1) is 6.11. The van der Waals surface area contributed by atoms with Gasteiger partial charge in [-0.1, -0.05) is 18.2 Å². The molecule has 1 atom stereocenters. The molecule has 3 nitrogen and oxygen atoms in total. The second kappa shape index (κ2) is 3.94. The minimum atomic E-state index is -0.844. The molecule has 0 heterocycles. The summed E-state index contributed by atoms with van der Waals surface area (Å²) in [6.07, 6.45) is 0. The van der Waals surface area contributed by atoms with E-state index in [0.29, 0.717) is 0 Å². The molecule has 2 N–H and O–H groups in total. The summed E-state index contributed by atoms with van der Waals surface area (Å²) in [7, 11) is 0. The molecule has 13 heavy (non-hydrogen) atoms. The lowest BCUT2D eigenvalue weighted by Gasteiger charge is -2.12. The highest BCUT2D eigenvalue weighted by atomic mass is 16.4. The molecule has 0 spiro atoms. The molecule has 0 aliphatic carbocycles. The molecule has 0 radical (unpaired) electrons. The zero-order valence-electron chi connectivity index (χ0n) is 7.74. The Balaban J connectivity index is 2.74. The van der Waals surface area contributed by atoms with Crippen LogP contribution in [0.15, 0.2) is 24.3 Å². The number of nitrogens with one attached hydrogen (secondary N) is 1. The fourth-order valence-electron chi connectivity index (χ4n) is 1.03. The molecule has 70 valence electrons. The third-order valence-electron chi connectivity index (χ3n) is 1.89. The van der Waals surface area contributed by atoms with Crippen molar-refractivity contribution < 1.29 is 9.90 Å². The second-order valence-electron chi connectivity index (χ2n) is 3.02. The number of anilines is 1. The van der Waals surface area contributed by atoms with E-state index in [1.165, 1.54) is 0 Å². The van der Waals surface area contributed by atoms with Crippen LogP contribution in [0.5, 0.6) is 0 Å². The summed E-state index contributed by atoms with van der Waals surface area (Å²) in [6.45, 7) is 3.56. The number of carbonyl (C=O) groups is 1. The van der Waals surface area contributed by atoms with Gasteiger partial charge >= 0.3 is 5.97 Å². The highest BCUT2D eigenvalue weighted by molar-refractivity contribution is 5.77. The average molecular weight is 179 g/mol. The van der Waals surface area contributed by atoms with Crippen molar-refractivity contribution in [3.05, 3.63) is 29.8 Å². The third kappa shape index (κ3) is 2.47. The van der Waals surface area contributed by atoms with Gasteiger partial charge in [0.15, 0.2) is 0 Å². The Labute approximate surface area is 77.4 Å². The van der Waals surface area contributed by atoms with E-state index >= 15 is 0 Å². The van der Waals surface area contributed by atoms with Crippen molar-refractivity contribution >= 4 is 11.7 Å². The average Bonchev–Trinajstić information content (AvgIpc) is 2.08. The topological polar surface area (TPSA) is 49.3 Å². The Kier molecular flexibility index (Phi) is 2.90. The van der Waals surface area contributed by atoms with Crippen LogP contribution in [0.25, 0.3) is 0 Å². The maximum absolute atomic E-state index is 10.6. The smallest absolute Gasteiger partial charge is 0.325 e. The summed E-state index contributed by atoms with van der Waals surface area (Å²) >= 11 is 0. The summed E-state index contributed by atoms with van der Waals surface area (Å²) in [6, 6.07) is 7.06. The van der Waals surface area contributed by atoms with Crippen LogP contribution in [-0.4, -0.2) is 17.1 Å². The fourth-order valence-corrected chi connectivity index (χ4v) is 1.03.